The molecule has 4 heteroatoms. The molecule has 0 saturated carbocycles. The largest absolute Gasteiger partial charge is 0.398 e. The summed E-state index contributed by atoms with van der Waals surface area (Å²) < 4.78 is 0. The van der Waals surface area contributed by atoms with Crippen molar-refractivity contribution in [3.8, 4) is 12.3 Å². The smallest absolute Gasteiger partial charge is 0.252 e. The van der Waals surface area contributed by atoms with E-state index in [1.54, 1.807) is 18.2 Å². The third kappa shape index (κ3) is 3.18. The van der Waals surface area contributed by atoms with E-state index >= 15 is 0 Å². The van der Waals surface area contributed by atoms with E-state index in [9.17, 15) is 4.79 Å². The van der Waals surface area contributed by atoms with Crippen LogP contribution in [-0.4, -0.2) is 12.5 Å². The molecule has 1 amide bonds. The number of hydrogen-bond acceptors (Lipinski definition) is 2. The van der Waals surface area contributed by atoms with Gasteiger partial charge in [0.2, 0.25) is 0 Å². The summed E-state index contributed by atoms with van der Waals surface area (Å²) in [6.07, 6.45) is 6.50. The second kappa shape index (κ2) is 6.04. The molecule has 1 aromatic rings. The number of carbonyl (C=O) groups excluding carboxylic acids is 1. The van der Waals surface area contributed by atoms with Crippen LogP contribution >= 0.6 is 11.6 Å². The maximum absolute atomic E-state index is 11.7. The van der Waals surface area contributed by atoms with E-state index < -0.39 is 0 Å². The van der Waals surface area contributed by atoms with E-state index in [2.05, 4.69) is 11.2 Å². The van der Waals surface area contributed by atoms with Crippen LogP contribution in [0.3, 0.4) is 0 Å². The van der Waals surface area contributed by atoms with E-state index in [1.807, 2.05) is 0 Å². The second-order valence-electron chi connectivity index (χ2n) is 3.27. The van der Waals surface area contributed by atoms with Crippen LogP contribution in [0.1, 0.15) is 23.2 Å². The maximum atomic E-state index is 11.7. The minimum absolute atomic E-state index is 0.227. The number of nitrogens with two attached hydrogens (primary N) is 1. The Morgan fingerprint density at radius 1 is 1.56 bits per heavy atom. The zero-order valence-corrected chi connectivity index (χ0v) is 9.55. The van der Waals surface area contributed by atoms with Crippen LogP contribution in [0.15, 0.2) is 18.2 Å². The summed E-state index contributed by atoms with van der Waals surface area (Å²) in [4.78, 5) is 11.7. The topological polar surface area (TPSA) is 55.1 Å². The van der Waals surface area contributed by atoms with Crippen LogP contribution < -0.4 is 11.1 Å². The molecule has 0 spiro atoms. The number of hydrogen-bond donors (Lipinski definition) is 2. The Morgan fingerprint density at radius 3 is 3.00 bits per heavy atom. The fraction of sp³-hybridized carbons (Fsp3) is 0.250. The van der Waals surface area contributed by atoms with Gasteiger partial charge in [0.05, 0.1) is 16.3 Å². The van der Waals surface area contributed by atoms with Crippen molar-refractivity contribution in [2.24, 2.45) is 0 Å². The van der Waals surface area contributed by atoms with Gasteiger partial charge in [-0.3, -0.25) is 4.79 Å². The fourth-order valence-electron chi connectivity index (χ4n) is 1.21. The van der Waals surface area contributed by atoms with Crippen LogP contribution in [0.4, 0.5) is 5.69 Å². The zero-order valence-electron chi connectivity index (χ0n) is 8.79. The molecule has 0 aromatic heterocycles. The lowest BCUT2D eigenvalue weighted by molar-refractivity contribution is 0.0953. The molecule has 0 fully saturated rings. The molecule has 1 aromatic carbocycles. The highest BCUT2D eigenvalue weighted by Gasteiger charge is 2.10. The van der Waals surface area contributed by atoms with Crippen molar-refractivity contribution in [1.82, 2.24) is 5.32 Å². The summed E-state index contributed by atoms with van der Waals surface area (Å²) in [5.74, 6) is 2.28. The number of nitrogen functional groups attached to an aromatic ring is 1. The molecular weight excluding hydrogens is 224 g/mol. The lowest BCUT2D eigenvalue weighted by atomic mass is 10.2. The van der Waals surface area contributed by atoms with Crippen molar-refractivity contribution >= 4 is 23.2 Å². The Labute approximate surface area is 100.0 Å². The minimum atomic E-state index is -0.227. The molecule has 0 radical (unpaired) electrons. The number of unbranched alkanes of at least 4 members (excludes halogenated alkanes) is 1. The van der Waals surface area contributed by atoms with E-state index in [1.165, 1.54) is 0 Å². The molecule has 0 bridgehead atoms. The fourth-order valence-corrected chi connectivity index (χ4v) is 1.42. The van der Waals surface area contributed by atoms with E-state index in [0.717, 1.165) is 6.42 Å². The molecule has 0 atom stereocenters. The van der Waals surface area contributed by atoms with Gasteiger partial charge < -0.3 is 11.1 Å². The molecular formula is C12H13ClN2O. The molecule has 0 aliphatic heterocycles. The van der Waals surface area contributed by atoms with E-state index in [4.69, 9.17) is 23.8 Å². The van der Waals surface area contributed by atoms with Crippen molar-refractivity contribution in [2.45, 2.75) is 12.8 Å². The van der Waals surface area contributed by atoms with Crippen LogP contribution in [-0.2, 0) is 0 Å². The number of halogens is 1. The summed E-state index contributed by atoms with van der Waals surface area (Å²) in [6.45, 7) is 0.536. The normalized spacial score (nSPS) is 9.50. The van der Waals surface area contributed by atoms with Gasteiger partial charge in [-0.25, -0.2) is 0 Å². The second-order valence-corrected chi connectivity index (χ2v) is 3.65. The number of nitrogens with one attached hydrogen (secondary N) is 1. The van der Waals surface area contributed by atoms with Crippen molar-refractivity contribution < 1.29 is 4.79 Å². The van der Waals surface area contributed by atoms with Gasteiger partial charge in [-0.1, -0.05) is 17.7 Å². The molecule has 0 heterocycles. The highest BCUT2D eigenvalue weighted by atomic mass is 35.5. The molecule has 0 saturated heterocycles. The Morgan fingerprint density at radius 2 is 2.31 bits per heavy atom. The predicted molar refractivity (Wildman–Crippen MR) is 66.3 cm³/mol. The van der Waals surface area contributed by atoms with Crippen molar-refractivity contribution in [2.75, 3.05) is 12.3 Å². The Balaban J connectivity index is 2.60. The molecule has 16 heavy (non-hydrogen) atoms. The Hall–Kier alpha value is -1.66. The summed E-state index contributed by atoms with van der Waals surface area (Å²) in [5, 5.41) is 3.02. The molecule has 1 rings (SSSR count). The zero-order chi connectivity index (χ0) is 12.0. The first-order chi connectivity index (χ1) is 7.66. The van der Waals surface area contributed by atoms with Gasteiger partial charge in [-0.15, -0.1) is 12.3 Å². The van der Waals surface area contributed by atoms with Gasteiger partial charge in [0.15, 0.2) is 0 Å². The number of amides is 1. The van der Waals surface area contributed by atoms with Crippen LogP contribution in [0.2, 0.25) is 5.02 Å². The Kier molecular flexibility index (Phi) is 4.68. The van der Waals surface area contributed by atoms with Crippen LogP contribution in [0, 0.1) is 12.3 Å². The predicted octanol–water partition coefficient (Wildman–Crippen LogP) is 2.07. The van der Waals surface area contributed by atoms with Gasteiger partial charge in [0.25, 0.3) is 5.91 Å². The number of rotatable bonds is 4. The molecule has 3 N–H and O–H groups in total. The number of anilines is 1. The van der Waals surface area contributed by atoms with Gasteiger partial charge in [-0.2, -0.15) is 0 Å². The highest BCUT2D eigenvalue weighted by Crippen LogP contribution is 2.22. The quantitative estimate of drug-likeness (QED) is 0.478. The first-order valence-corrected chi connectivity index (χ1v) is 5.30. The van der Waals surface area contributed by atoms with E-state index in [-0.39, 0.29) is 10.9 Å². The third-order valence-corrected chi connectivity index (χ3v) is 2.48. The SMILES string of the molecule is C#CCCCNC(=O)c1cccc(N)c1Cl. The molecule has 3 nitrogen and oxygen atoms in total. The summed E-state index contributed by atoms with van der Waals surface area (Å²) in [5.41, 5.74) is 6.39. The maximum Gasteiger partial charge on any atom is 0.252 e. The average molecular weight is 237 g/mol. The molecule has 0 unspecified atom stereocenters. The average Bonchev–Trinajstić information content (AvgIpc) is 2.28. The number of carbonyl (C=O) groups is 1. The summed E-state index contributed by atoms with van der Waals surface area (Å²) in [7, 11) is 0. The third-order valence-electron chi connectivity index (χ3n) is 2.06. The number of benzene rings is 1. The van der Waals surface area contributed by atoms with Gasteiger partial charge in [0, 0.05) is 13.0 Å². The van der Waals surface area contributed by atoms with Crippen molar-refractivity contribution in [1.29, 1.82) is 0 Å². The minimum Gasteiger partial charge on any atom is -0.398 e. The van der Waals surface area contributed by atoms with E-state index in [0.29, 0.717) is 24.2 Å². The molecule has 0 aliphatic rings. The molecule has 0 aliphatic carbocycles. The highest BCUT2D eigenvalue weighted by molar-refractivity contribution is 6.36. The standard InChI is InChI=1S/C12H13ClN2O/c1-2-3-4-8-15-12(16)9-6-5-7-10(14)11(9)13/h1,5-7H,3-4,8,14H2,(H,15,16). The van der Waals surface area contributed by atoms with Gasteiger partial charge in [-0.05, 0) is 18.6 Å². The van der Waals surface area contributed by atoms with Gasteiger partial charge >= 0.3 is 0 Å². The first-order valence-electron chi connectivity index (χ1n) is 4.92. The summed E-state index contributed by atoms with van der Waals surface area (Å²) >= 11 is 5.91. The van der Waals surface area contributed by atoms with Crippen molar-refractivity contribution in [3.05, 3.63) is 28.8 Å². The number of terminal acetylenes is 1. The van der Waals surface area contributed by atoms with Crippen molar-refractivity contribution in [3.63, 3.8) is 0 Å². The first kappa shape index (κ1) is 12.4. The van der Waals surface area contributed by atoms with Crippen LogP contribution in [0.5, 0.6) is 0 Å². The molecule has 84 valence electrons. The Bertz CT molecular complexity index is 424. The van der Waals surface area contributed by atoms with Crippen LogP contribution in [0.25, 0.3) is 0 Å². The van der Waals surface area contributed by atoms with Gasteiger partial charge in [0.1, 0.15) is 0 Å². The lowest BCUT2D eigenvalue weighted by Crippen LogP contribution is -2.24. The monoisotopic (exact) mass is 236 g/mol. The lowest BCUT2D eigenvalue weighted by Gasteiger charge is -2.07. The summed E-state index contributed by atoms with van der Waals surface area (Å²) in [6, 6.07) is 4.98.